The molecule has 2 saturated heterocycles. The second-order valence-corrected chi connectivity index (χ2v) is 8.73. The average molecular weight is 402 g/mol. The number of likely N-dealkylation sites (tertiary alicyclic amines) is 1. The molecule has 0 amide bonds. The molecular weight excluding hydrogens is 379 g/mol. The average Bonchev–Trinajstić information content (AvgIpc) is 2.71. The first kappa shape index (κ1) is 20.1. The lowest BCUT2D eigenvalue weighted by Gasteiger charge is -2.36. The van der Waals surface area contributed by atoms with Crippen LogP contribution in [0.4, 0.5) is 4.39 Å². The number of aliphatic hydroxyl groups excluding tert-OH is 1. The molecular formula is C18H23BCl2FNO3. The molecule has 2 aliphatic heterocycles. The van der Waals surface area contributed by atoms with Gasteiger partial charge >= 0.3 is 7.12 Å². The summed E-state index contributed by atoms with van der Waals surface area (Å²) in [5.41, 5.74) is -0.857. The quantitative estimate of drug-likeness (QED) is 0.774. The van der Waals surface area contributed by atoms with Gasteiger partial charge in [0, 0.05) is 35.3 Å². The Balaban J connectivity index is 1.97. The summed E-state index contributed by atoms with van der Waals surface area (Å²) < 4.78 is 27.2. The van der Waals surface area contributed by atoms with Gasteiger partial charge in [0.1, 0.15) is 5.73 Å². The Labute approximate surface area is 164 Å². The van der Waals surface area contributed by atoms with Crippen molar-refractivity contribution in [1.82, 2.24) is 4.90 Å². The van der Waals surface area contributed by atoms with Gasteiger partial charge in [-0.1, -0.05) is 29.3 Å². The fourth-order valence-corrected chi connectivity index (χ4v) is 3.53. The van der Waals surface area contributed by atoms with E-state index in [0.717, 1.165) is 0 Å². The van der Waals surface area contributed by atoms with Crippen molar-refractivity contribution in [3.8, 4) is 0 Å². The van der Waals surface area contributed by atoms with E-state index in [-0.39, 0.29) is 6.10 Å². The molecule has 2 fully saturated rings. The Morgan fingerprint density at radius 2 is 1.81 bits per heavy atom. The van der Waals surface area contributed by atoms with Gasteiger partial charge in [0.15, 0.2) is 0 Å². The van der Waals surface area contributed by atoms with Gasteiger partial charge in [0.25, 0.3) is 0 Å². The summed E-state index contributed by atoms with van der Waals surface area (Å²) >= 11 is 12.3. The molecule has 0 spiro atoms. The predicted molar refractivity (Wildman–Crippen MR) is 103 cm³/mol. The van der Waals surface area contributed by atoms with Crippen LogP contribution in [0.15, 0.2) is 23.9 Å². The zero-order valence-electron chi connectivity index (χ0n) is 15.4. The van der Waals surface area contributed by atoms with E-state index in [1.807, 2.05) is 32.6 Å². The molecule has 4 nitrogen and oxygen atoms in total. The van der Waals surface area contributed by atoms with Crippen LogP contribution in [-0.2, 0) is 9.31 Å². The summed E-state index contributed by atoms with van der Waals surface area (Å²) in [5.74, 6) is 0. The maximum Gasteiger partial charge on any atom is 0.525 e. The van der Waals surface area contributed by atoms with Crippen LogP contribution in [0.1, 0.15) is 33.3 Å². The summed E-state index contributed by atoms with van der Waals surface area (Å²) in [6, 6.07) is 4.95. The smallest absolute Gasteiger partial charge is 0.398 e. The number of β-amino-alcohol motifs (C(OH)–C–C–N with tert-alkyl or cyclic N) is 1. The first-order valence-corrected chi connectivity index (χ1v) is 9.36. The zero-order valence-corrected chi connectivity index (χ0v) is 16.9. The monoisotopic (exact) mass is 401 g/mol. The van der Waals surface area contributed by atoms with Crippen LogP contribution in [0, 0.1) is 0 Å². The van der Waals surface area contributed by atoms with Gasteiger partial charge in [-0.2, -0.15) is 0 Å². The maximum atomic E-state index is 15.5. The molecule has 0 aromatic heterocycles. The Hall–Kier alpha value is -0.625. The van der Waals surface area contributed by atoms with Crippen molar-refractivity contribution in [2.45, 2.75) is 45.0 Å². The van der Waals surface area contributed by atoms with Crippen LogP contribution in [0.5, 0.6) is 0 Å². The van der Waals surface area contributed by atoms with Crippen molar-refractivity contribution < 1.29 is 18.8 Å². The van der Waals surface area contributed by atoms with Crippen LogP contribution in [-0.4, -0.2) is 54.1 Å². The van der Waals surface area contributed by atoms with Crippen LogP contribution in [0.25, 0.3) is 5.57 Å². The molecule has 0 saturated carbocycles. The summed E-state index contributed by atoms with van der Waals surface area (Å²) in [6.07, 6.45) is -0.378. The van der Waals surface area contributed by atoms with Gasteiger partial charge in [0.2, 0.25) is 0 Å². The second-order valence-electron chi connectivity index (χ2n) is 7.89. The highest BCUT2D eigenvalue weighted by atomic mass is 35.5. The van der Waals surface area contributed by atoms with E-state index in [1.54, 1.807) is 18.2 Å². The number of hydrogen-bond donors (Lipinski definition) is 1. The van der Waals surface area contributed by atoms with Crippen LogP contribution in [0.3, 0.4) is 0 Å². The summed E-state index contributed by atoms with van der Waals surface area (Å²) in [4.78, 5) is 1.94. The zero-order chi connectivity index (χ0) is 19.3. The molecule has 142 valence electrons. The lowest BCUT2D eigenvalue weighted by molar-refractivity contribution is 0.00578. The van der Waals surface area contributed by atoms with E-state index in [9.17, 15) is 5.11 Å². The van der Waals surface area contributed by atoms with Gasteiger partial charge in [-0.3, -0.25) is 4.90 Å². The number of aliphatic hydroxyl groups is 1. The molecule has 0 unspecified atom stereocenters. The third-order valence-corrected chi connectivity index (χ3v) is 5.87. The second kappa shape index (κ2) is 7.08. The lowest BCUT2D eigenvalue weighted by atomic mass is 9.82. The van der Waals surface area contributed by atoms with E-state index in [0.29, 0.717) is 40.8 Å². The van der Waals surface area contributed by atoms with Crippen molar-refractivity contribution in [2.24, 2.45) is 0 Å². The largest absolute Gasteiger partial charge is 0.525 e. The highest BCUT2D eigenvalue weighted by Crippen LogP contribution is 2.41. The highest BCUT2D eigenvalue weighted by Gasteiger charge is 2.53. The molecule has 0 bridgehead atoms. The molecule has 0 radical (unpaired) electrons. The first-order valence-electron chi connectivity index (χ1n) is 8.60. The minimum absolute atomic E-state index is 0.300. The van der Waals surface area contributed by atoms with Gasteiger partial charge in [-0.05, 0) is 45.4 Å². The Morgan fingerprint density at radius 1 is 1.23 bits per heavy atom. The van der Waals surface area contributed by atoms with Crippen molar-refractivity contribution in [1.29, 1.82) is 0 Å². The minimum atomic E-state index is -1.10. The Bertz CT molecular complexity index is 719. The first-order chi connectivity index (χ1) is 12.0. The van der Waals surface area contributed by atoms with E-state index >= 15 is 4.39 Å². The fourth-order valence-electron chi connectivity index (χ4n) is 3.01. The van der Waals surface area contributed by atoms with E-state index in [1.165, 1.54) is 0 Å². The van der Waals surface area contributed by atoms with Gasteiger partial charge < -0.3 is 14.4 Å². The van der Waals surface area contributed by atoms with Crippen LogP contribution < -0.4 is 0 Å². The van der Waals surface area contributed by atoms with Crippen LogP contribution in [0.2, 0.25) is 10.0 Å². The predicted octanol–water partition coefficient (Wildman–Crippen LogP) is 3.98. The maximum absolute atomic E-state index is 15.5. The topological polar surface area (TPSA) is 41.9 Å². The fraction of sp³-hybridized carbons (Fsp3) is 0.556. The third-order valence-electron chi connectivity index (χ3n) is 5.32. The molecule has 2 heterocycles. The molecule has 1 aromatic rings. The van der Waals surface area contributed by atoms with Crippen molar-refractivity contribution in [3.05, 3.63) is 39.5 Å². The summed E-state index contributed by atoms with van der Waals surface area (Å²) in [6.45, 7) is 8.79. The highest BCUT2D eigenvalue weighted by molar-refractivity contribution is 6.55. The molecule has 8 heteroatoms. The molecule has 1 N–H and O–H groups in total. The van der Waals surface area contributed by atoms with Gasteiger partial charge in [-0.15, -0.1) is 0 Å². The summed E-state index contributed by atoms with van der Waals surface area (Å²) in [5, 5.41) is 10.4. The number of halogens is 3. The van der Waals surface area contributed by atoms with Gasteiger partial charge in [-0.25, -0.2) is 4.39 Å². The molecule has 2 aliphatic rings. The molecule has 3 rings (SSSR count). The van der Waals surface area contributed by atoms with Crippen molar-refractivity contribution in [3.63, 3.8) is 0 Å². The van der Waals surface area contributed by atoms with Crippen molar-refractivity contribution in [2.75, 3.05) is 19.6 Å². The molecule has 26 heavy (non-hydrogen) atoms. The normalized spacial score (nSPS) is 23.8. The minimum Gasteiger partial charge on any atom is -0.398 e. The van der Waals surface area contributed by atoms with E-state index < -0.39 is 24.0 Å². The van der Waals surface area contributed by atoms with E-state index in [2.05, 4.69) is 0 Å². The Kier molecular flexibility index (Phi) is 5.48. The molecule has 0 atom stereocenters. The Morgan fingerprint density at radius 3 is 2.31 bits per heavy atom. The number of hydrogen-bond acceptors (Lipinski definition) is 4. The summed E-state index contributed by atoms with van der Waals surface area (Å²) in [7, 11) is -1.10. The standard InChI is InChI=1S/C18H23BCl2FNO3/c1-17(2)18(3,4)26-19(25-17)16(22)14(10-23-8-12(24)9-23)13-6-5-11(20)7-15(13)21/h5-7,12,24H,8-10H2,1-4H3. The third kappa shape index (κ3) is 3.82. The number of rotatable bonds is 4. The van der Waals surface area contributed by atoms with E-state index in [4.69, 9.17) is 32.5 Å². The molecule has 0 aliphatic carbocycles. The van der Waals surface area contributed by atoms with Crippen LogP contribution >= 0.6 is 23.2 Å². The number of benzene rings is 1. The van der Waals surface area contributed by atoms with Gasteiger partial charge in [0.05, 0.1) is 17.3 Å². The lowest BCUT2D eigenvalue weighted by Crippen LogP contribution is -2.51. The number of nitrogens with zero attached hydrogens (tertiary/aromatic N) is 1. The van der Waals surface area contributed by atoms with Crippen molar-refractivity contribution >= 4 is 35.9 Å². The SMILES string of the molecule is CC1(C)OB(C(F)=C(CN2CC(O)C2)c2ccc(Cl)cc2Cl)OC1(C)C. The molecule has 1 aromatic carbocycles.